The number of aromatic nitrogens is 1. The summed E-state index contributed by atoms with van der Waals surface area (Å²) in [7, 11) is 1.55. The van der Waals surface area contributed by atoms with Gasteiger partial charge in [-0.05, 0) is 25.0 Å². The van der Waals surface area contributed by atoms with Crippen molar-refractivity contribution < 1.29 is 9.84 Å². The van der Waals surface area contributed by atoms with Crippen LogP contribution in [0.25, 0.3) is 0 Å². The normalized spacial score (nSPS) is 20.9. The summed E-state index contributed by atoms with van der Waals surface area (Å²) in [5.41, 5.74) is 6.23. The number of rotatable bonds is 2. The van der Waals surface area contributed by atoms with Gasteiger partial charge in [0.25, 0.3) is 0 Å². The van der Waals surface area contributed by atoms with Gasteiger partial charge in [0.1, 0.15) is 5.82 Å². The molecule has 5 heteroatoms. The molecule has 1 aliphatic rings. The molecule has 1 fully saturated rings. The summed E-state index contributed by atoms with van der Waals surface area (Å²) >= 11 is 0. The number of nitrogens with two attached hydrogens (primary N) is 1. The van der Waals surface area contributed by atoms with E-state index >= 15 is 0 Å². The highest BCUT2D eigenvalue weighted by molar-refractivity contribution is 5.54. The van der Waals surface area contributed by atoms with Crippen molar-refractivity contribution >= 4 is 11.5 Å². The molecule has 3 N–H and O–H groups in total. The second kappa shape index (κ2) is 4.57. The molecular weight excluding hydrogens is 206 g/mol. The molecule has 0 saturated carbocycles. The van der Waals surface area contributed by atoms with Crippen LogP contribution in [0.4, 0.5) is 11.5 Å². The van der Waals surface area contributed by atoms with E-state index in [4.69, 9.17) is 10.5 Å². The number of ether oxygens (including phenoxy) is 1. The molecule has 1 unspecified atom stereocenters. The molecule has 0 amide bonds. The summed E-state index contributed by atoms with van der Waals surface area (Å²) in [4.78, 5) is 6.37. The lowest BCUT2D eigenvalue weighted by atomic mass is 10.1. The molecule has 0 radical (unpaired) electrons. The molecule has 0 aromatic carbocycles. The summed E-state index contributed by atoms with van der Waals surface area (Å²) in [6.07, 6.45) is 1.58. The van der Waals surface area contributed by atoms with Gasteiger partial charge < -0.3 is 20.5 Å². The predicted molar refractivity (Wildman–Crippen MR) is 62.7 cm³/mol. The molecule has 0 aliphatic carbocycles. The third-order valence-electron chi connectivity index (χ3n) is 2.79. The number of aliphatic hydroxyl groups excluding tert-OH is 1. The van der Waals surface area contributed by atoms with Crippen LogP contribution >= 0.6 is 0 Å². The first-order valence-electron chi connectivity index (χ1n) is 5.44. The lowest BCUT2D eigenvalue weighted by Gasteiger charge is -2.31. The predicted octanol–water partition coefficient (Wildman–Crippen LogP) is 0.634. The second-order valence-corrected chi connectivity index (χ2v) is 4.01. The van der Waals surface area contributed by atoms with Crippen molar-refractivity contribution in [3.8, 4) is 5.88 Å². The number of piperidine rings is 1. The number of β-amino-alcohol motifs (C(OH)–C–C–N with tert-alkyl or cyclic N) is 1. The minimum absolute atomic E-state index is 0.265. The number of aliphatic hydroxyl groups is 1. The quantitative estimate of drug-likeness (QED) is 0.769. The molecule has 1 aromatic rings. The number of hydrogen-bond donors (Lipinski definition) is 2. The highest BCUT2D eigenvalue weighted by Crippen LogP contribution is 2.24. The van der Waals surface area contributed by atoms with E-state index in [1.807, 2.05) is 6.07 Å². The van der Waals surface area contributed by atoms with E-state index < -0.39 is 0 Å². The Hall–Kier alpha value is -1.49. The van der Waals surface area contributed by atoms with Gasteiger partial charge in [0, 0.05) is 13.1 Å². The fourth-order valence-electron chi connectivity index (χ4n) is 1.94. The van der Waals surface area contributed by atoms with E-state index in [-0.39, 0.29) is 6.10 Å². The maximum Gasteiger partial charge on any atom is 0.238 e. The van der Waals surface area contributed by atoms with Crippen molar-refractivity contribution in [1.82, 2.24) is 4.98 Å². The van der Waals surface area contributed by atoms with Crippen LogP contribution in [-0.4, -0.2) is 36.4 Å². The zero-order valence-corrected chi connectivity index (χ0v) is 9.39. The van der Waals surface area contributed by atoms with Gasteiger partial charge in [0.15, 0.2) is 0 Å². The van der Waals surface area contributed by atoms with Gasteiger partial charge in [-0.2, -0.15) is 4.98 Å². The lowest BCUT2D eigenvalue weighted by Crippen LogP contribution is -2.38. The fourth-order valence-corrected chi connectivity index (χ4v) is 1.94. The summed E-state index contributed by atoms with van der Waals surface area (Å²) in [6, 6.07) is 3.64. The molecule has 0 spiro atoms. The molecule has 2 rings (SSSR count). The number of hydrogen-bond acceptors (Lipinski definition) is 5. The van der Waals surface area contributed by atoms with Crippen LogP contribution in [0, 0.1) is 0 Å². The zero-order valence-electron chi connectivity index (χ0n) is 9.39. The molecule has 1 saturated heterocycles. The number of nitrogens with zero attached hydrogens (tertiary/aromatic N) is 2. The Morgan fingerprint density at radius 2 is 2.38 bits per heavy atom. The zero-order chi connectivity index (χ0) is 11.5. The fraction of sp³-hybridized carbons (Fsp3) is 0.545. The minimum Gasteiger partial charge on any atom is -0.479 e. The van der Waals surface area contributed by atoms with E-state index in [2.05, 4.69) is 9.88 Å². The first-order valence-corrected chi connectivity index (χ1v) is 5.44. The maximum absolute atomic E-state index is 9.60. The highest BCUT2D eigenvalue weighted by Gasteiger charge is 2.19. The molecule has 0 bridgehead atoms. The number of nitrogen functional groups attached to an aromatic ring is 1. The number of pyridine rings is 1. The minimum atomic E-state index is -0.265. The van der Waals surface area contributed by atoms with E-state index in [9.17, 15) is 5.11 Å². The molecule has 2 heterocycles. The monoisotopic (exact) mass is 223 g/mol. The largest absolute Gasteiger partial charge is 0.479 e. The highest BCUT2D eigenvalue weighted by atomic mass is 16.5. The van der Waals surface area contributed by atoms with Crippen molar-refractivity contribution in [1.29, 1.82) is 0 Å². The van der Waals surface area contributed by atoms with E-state index in [1.165, 1.54) is 0 Å². The Labute approximate surface area is 94.8 Å². The average Bonchev–Trinajstić information content (AvgIpc) is 2.29. The van der Waals surface area contributed by atoms with Crippen LogP contribution in [0.3, 0.4) is 0 Å². The van der Waals surface area contributed by atoms with Gasteiger partial charge in [-0.15, -0.1) is 0 Å². The third kappa shape index (κ3) is 2.19. The standard InChI is InChI=1S/C11H17N3O2/c1-16-11-9(12)4-5-10(13-11)14-6-2-3-8(15)7-14/h4-5,8,15H,2-3,6-7,12H2,1H3. The van der Waals surface area contributed by atoms with Gasteiger partial charge >= 0.3 is 0 Å². The van der Waals surface area contributed by atoms with Gasteiger partial charge in [0.2, 0.25) is 5.88 Å². The van der Waals surface area contributed by atoms with Crippen molar-refractivity contribution in [2.75, 3.05) is 30.8 Å². The van der Waals surface area contributed by atoms with Crippen molar-refractivity contribution in [2.45, 2.75) is 18.9 Å². The van der Waals surface area contributed by atoms with Gasteiger partial charge in [-0.25, -0.2) is 0 Å². The summed E-state index contributed by atoms with van der Waals surface area (Å²) in [5.74, 6) is 1.25. The van der Waals surface area contributed by atoms with Crippen LogP contribution < -0.4 is 15.4 Å². The van der Waals surface area contributed by atoms with E-state index in [1.54, 1.807) is 13.2 Å². The molecule has 1 aliphatic heterocycles. The van der Waals surface area contributed by atoms with Crippen LogP contribution in [0.2, 0.25) is 0 Å². The van der Waals surface area contributed by atoms with E-state index in [0.717, 1.165) is 25.2 Å². The van der Waals surface area contributed by atoms with Crippen molar-refractivity contribution in [3.63, 3.8) is 0 Å². The molecule has 5 nitrogen and oxygen atoms in total. The SMILES string of the molecule is COc1nc(N2CCCC(O)C2)ccc1N. The van der Waals surface area contributed by atoms with Crippen molar-refractivity contribution in [3.05, 3.63) is 12.1 Å². The molecular formula is C11H17N3O2. The van der Waals surface area contributed by atoms with Gasteiger partial charge in [-0.3, -0.25) is 0 Å². The summed E-state index contributed by atoms with van der Waals surface area (Å²) in [5, 5.41) is 9.60. The first-order chi connectivity index (χ1) is 7.70. The first kappa shape index (κ1) is 11.0. The molecule has 88 valence electrons. The molecule has 16 heavy (non-hydrogen) atoms. The topological polar surface area (TPSA) is 71.6 Å². The Bertz CT molecular complexity index is 370. The van der Waals surface area contributed by atoms with Gasteiger partial charge in [0.05, 0.1) is 18.9 Å². The summed E-state index contributed by atoms with van der Waals surface area (Å²) < 4.78 is 5.08. The third-order valence-corrected chi connectivity index (χ3v) is 2.79. The number of methoxy groups -OCH3 is 1. The average molecular weight is 223 g/mol. The maximum atomic E-state index is 9.60. The Balaban J connectivity index is 2.19. The lowest BCUT2D eigenvalue weighted by molar-refractivity contribution is 0.154. The Kier molecular flexibility index (Phi) is 3.14. The Morgan fingerprint density at radius 3 is 3.06 bits per heavy atom. The van der Waals surface area contributed by atoms with Crippen molar-refractivity contribution in [2.24, 2.45) is 0 Å². The second-order valence-electron chi connectivity index (χ2n) is 4.01. The molecule has 1 aromatic heterocycles. The Morgan fingerprint density at radius 1 is 1.56 bits per heavy atom. The number of anilines is 2. The van der Waals surface area contributed by atoms with Crippen LogP contribution in [0.15, 0.2) is 12.1 Å². The molecule has 1 atom stereocenters. The summed E-state index contributed by atoms with van der Waals surface area (Å²) in [6.45, 7) is 1.54. The van der Waals surface area contributed by atoms with Crippen LogP contribution in [0.1, 0.15) is 12.8 Å². The van der Waals surface area contributed by atoms with Crippen LogP contribution in [0.5, 0.6) is 5.88 Å². The van der Waals surface area contributed by atoms with E-state index in [0.29, 0.717) is 18.1 Å². The van der Waals surface area contributed by atoms with Gasteiger partial charge in [-0.1, -0.05) is 0 Å². The smallest absolute Gasteiger partial charge is 0.238 e. The van der Waals surface area contributed by atoms with Crippen LogP contribution in [-0.2, 0) is 0 Å².